The van der Waals surface area contributed by atoms with Crippen LogP contribution in [0.15, 0.2) is 52.3 Å². The first-order valence-corrected chi connectivity index (χ1v) is 9.15. The Balaban J connectivity index is 4.78. The third-order valence-electron chi connectivity index (χ3n) is 4.76. The number of rotatable bonds is 9. The molecule has 0 spiro atoms. The van der Waals surface area contributed by atoms with E-state index in [1.54, 1.807) is 0 Å². The molecular weight excluding hydrogens is 534 g/mol. The van der Waals surface area contributed by atoms with Crippen molar-refractivity contribution >= 4 is 0 Å². The van der Waals surface area contributed by atoms with Crippen molar-refractivity contribution in [2.24, 2.45) is 0 Å². The van der Waals surface area contributed by atoms with Crippen molar-refractivity contribution in [2.75, 3.05) is 0 Å². The van der Waals surface area contributed by atoms with E-state index in [1.807, 2.05) is 0 Å². The Kier molecular flexibility index (Phi) is 8.00. The summed E-state index contributed by atoms with van der Waals surface area (Å²) >= 11 is 0. The molecule has 0 aliphatic carbocycles. The molecule has 1 aromatic heterocycles. The lowest BCUT2D eigenvalue weighted by molar-refractivity contribution is -0.285. The van der Waals surface area contributed by atoms with E-state index in [0.29, 0.717) is 0 Å². The number of alkyl halides is 12. The van der Waals surface area contributed by atoms with Crippen LogP contribution in [0.2, 0.25) is 0 Å². The Morgan fingerprint density at radius 3 is 0.750 bits per heavy atom. The molecular formula is C18H15F12N3O3. The van der Waals surface area contributed by atoms with Crippen molar-refractivity contribution in [3.05, 3.63) is 69.4 Å². The SMILES string of the molecule is C=CCC(F)(n1c(=O)n(C(F)(CC=C)C(F)(F)F)c(=O)n(C(F)(CC=C)C(F)(F)F)c1=O)C(F)(F)F. The van der Waals surface area contributed by atoms with E-state index >= 15 is 13.2 Å². The molecule has 0 aromatic carbocycles. The van der Waals surface area contributed by atoms with Gasteiger partial charge in [-0.25, -0.2) is 41.3 Å². The van der Waals surface area contributed by atoms with E-state index in [9.17, 15) is 53.9 Å². The Labute approximate surface area is 192 Å². The largest absolute Gasteiger partial charge is 0.442 e. The van der Waals surface area contributed by atoms with Crippen molar-refractivity contribution in [1.82, 2.24) is 13.7 Å². The minimum absolute atomic E-state index is 0.00551. The topological polar surface area (TPSA) is 66.0 Å². The van der Waals surface area contributed by atoms with Crippen LogP contribution in [0.5, 0.6) is 0 Å². The van der Waals surface area contributed by atoms with Crippen LogP contribution in [0.3, 0.4) is 0 Å². The molecule has 204 valence electrons. The molecule has 3 unspecified atom stereocenters. The molecule has 0 radical (unpaired) electrons. The second-order valence-electron chi connectivity index (χ2n) is 7.10. The quantitative estimate of drug-likeness (QED) is 0.338. The highest BCUT2D eigenvalue weighted by Crippen LogP contribution is 2.44. The first-order valence-electron chi connectivity index (χ1n) is 9.15. The van der Waals surface area contributed by atoms with Gasteiger partial charge in [-0.3, -0.25) is 0 Å². The lowest BCUT2D eigenvalue weighted by atomic mass is 10.1. The average Bonchev–Trinajstić information content (AvgIpc) is 2.65. The summed E-state index contributed by atoms with van der Waals surface area (Å²) < 4.78 is 162. The normalized spacial score (nSPS) is 18.0. The summed E-state index contributed by atoms with van der Waals surface area (Å²) in [5, 5.41) is 0. The van der Waals surface area contributed by atoms with Gasteiger partial charge in [0.2, 0.25) is 0 Å². The lowest BCUT2D eigenvalue weighted by Gasteiger charge is -2.35. The molecule has 0 aliphatic heterocycles. The van der Waals surface area contributed by atoms with Crippen LogP contribution in [0, 0.1) is 0 Å². The number of nitrogens with zero attached hydrogens (tertiary/aromatic N) is 3. The Hall–Kier alpha value is -3.21. The van der Waals surface area contributed by atoms with Crippen molar-refractivity contribution < 1.29 is 52.7 Å². The van der Waals surface area contributed by atoms with E-state index in [1.165, 1.54) is 0 Å². The minimum Gasteiger partial charge on any atom is -0.247 e. The number of allylic oxidation sites excluding steroid dienone is 3. The Bertz CT molecular complexity index is 1030. The van der Waals surface area contributed by atoms with E-state index in [2.05, 4.69) is 19.7 Å². The fourth-order valence-electron chi connectivity index (χ4n) is 3.03. The van der Waals surface area contributed by atoms with Crippen molar-refractivity contribution in [3.8, 4) is 0 Å². The molecule has 1 rings (SSSR count). The fraction of sp³-hybridized carbons (Fsp3) is 0.500. The van der Waals surface area contributed by atoms with Gasteiger partial charge < -0.3 is 0 Å². The second-order valence-corrected chi connectivity index (χ2v) is 7.10. The Morgan fingerprint density at radius 2 is 0.639 bits per heavy atom. The molecule has 0 bridgehead atoms. The van der Waals surface area contributed by atoms with Crippen LogP contribution in [0.4, 0.5) is 52.7 Å². The third kappa shape index (κ3) is 4.52. The summed E-state index contributed by atoms with van der Waals surface area (Å²) in [6, 6.07) is 0. The van der Waals surface area contributed by atoms with Crippen LogP contribution in [0.25, 0.3) is 0 Å². The van der Waals surface area contributed by atoms with Gasteiger partial charge in [-0.05, 0) is 0 Å². The van der Waals surface area contributed by atoms with Gasteiger partial charge in [0, 0.05) is 19.3 Å². The zero-order chi connectivity index (χ0) is 28.7. The van der Waals surface area contributed by atoms with Crippen LogP contribution in [-0.4, -0.2) is 32.2 Å². The predicted molar refractivity (Wildman–Crippen MR) is 99.1 cm³/mol. The van der Waals surface area contributed by atoms with E-state index < -0.39 is 85.9 Å². The molecule has 0 fully saturated rings. The molecule has 1 heterocycles. The number of hydrogen-bond acceptors (Lipinski definition) is 3. The number of halogens is 12. The van der Waals surface area contributed by atoms with Crippen molar-refractivity contribution in [2.45, 2.75) is 55.2 Å². The first kappa shape index (κ1) is 30.8. The highest BCUT2D eigenvalue weighted by Gasteiger charge is 2.65. The van der Waals surface area contributed by atoms with Gasteiger partial charge in [0.25, 0.3) is 17.4 Å². The number of hydrogen-bond donors (Lipinski definition) is 0. The zero-order valence-corrected chi connectivity index (χ0v) is 17.6. The van der Waals surface area contributed by atoms with Crippen molar-refractivity contribution in [1.29, 1.82) is 0 Å². The van der Waals surface area contributed by atoms with Crippen LogP contribution < -0.4 is 17.1 Å². The van der Waals surface area contributed by atoms with Crippen LogP contribution in [0.1, 0.15) is 19.3 Å². The van der Waals surface area contributed by atoms with Crippen LogP contribution >= 0.6 is 0 Å². The van der Waals surface area contributed by atoms with Gasteiger partial charge >= 0.3 is 35.6 Å². The molecule has 0 saturated carbocycles. The molecule has 0 amide bonds. The summed E-state index contributed by atoms with van der Waals surface area (Å²) in [5.74, 6) is -16.5. The maximum Gasteiger partial charge on any atom is 0.442 e. The van der Waals surface area contributed by atoms with Gasteiger partial charge in [0.15, 0.2) is 0 Å². The zero-order valence-electron chi connectivity index (χ0n) is 17.6. The highest BCUT2D eigenvalue weighted by molar-refractivity contribution is 5.02. The predicted octanol–water partition coefficient (Wildman–Crippen LogP) is 4.45. The van der Waals surface area contributed by atoms with Crippen LogP contribution in [-0.2, 0) is 17.4 Å². The molecule has 3 atom stereocenters. The molecule has 0 aliphatic rings. The monoisotopic (exact) mass is 549 g/mol. The smallest absolute Gasteiger partial charge is 0.247 e. The molecule has 18 heteroatoms. The summed E-state index contributed by atoms with van der Waals surface area (Å²) in [7, 11) is 0. The highest BCUT2D eigenvalue weighted by atomic mass is 19.4. The summed E-state index contributed by atoms with van der Waals surface area (Å²) in [6.07, 6.45) is -26.1. The average molecular weight is 549 g/mol. The summed E-state index contributed by atoms with van der Waals surface area (Å²) in [5.41, 5.74) is -9.98. The molecule has 0 saturated heterocycles. The second kappa shape index (κ2) is 9.34. The Morgan fingerprint density at radius 1 is 0.472 bits per heavy atom. The molecule has 1 aromatic rings. The van der Waals surface area contributed by atoms with E-state index in [4.69, 9.17) is 0 Å². The third-order valence-corrected chi connectivity index (χ3v) is 4.76. The maximum absolute atomic E-state index is 15.2. The summed E-state index contributed by atoms with van der Waals surface area (Å²) in [4.78, 5) is 37.7. The minimum atomic E-state index is -6.48. The summed E-state index contributed by atoms with van der Waals surface area (Å²) in [6.45, 7) is 8.02. The molecule has 6 nitrogen and oxygen atoms in total. The molecule has 36 heavy (non-hydrogen) atoms. The van der Waals surface area contributed by atoms with Gasteiger partial charge in [0.05, 0.1) is 0 Å². The first-order chi connectivity index (χ1) is 16.0. The lowest BCUT2D eigenvalue weighted by Crippen LogP contribution is -2.70. The maximum atomic E-state index is 15.2. The van der Waals surface area contributed by atoms with Crippen molar-refractivity contribution in [3.63, 3.8) is 0 Å². The van der Waals surface area contributed by atoms with Gasteiger partial charge in [-0.1, -0.05) is 18.2 Å². The fourth-order valence-corrected chi connectivity index (χ4v) is 3.03. The van der Waals surface area contributed by atoms with E-state index in [0.717, 1.165) is 0 Å². The van der Waals surface area contributed by atoms with Gasteiger partial charge in [-0.15, -0.1) is 19.7 Å². The standard InChI is InChI=1S/C18H15F12N3O3/c1-4-7-13(19,16(22,23)24)31-10(34)32(14(20,8-5-2)17(25,26)27)12(36)33(11(31)35)15(21,9-6-3)18(28,29)30/h4-6H,1-3,7-9H2. The van der Waals surface area contributed by atoms with E-state index in [-0.39, 0.29) is 18.2 Å². The number of aromatic nitrogens is 3. The van der Waals surface area contributed by atoms with Gasteiger partial charge in [-0.2, -0.15) is 39.5 Å². The van der Waals surface area contributed by atoms with Gasteiger partial charge in [0.1, 0.15) is 0 Å². The molecule has 0 N–H and O–H groups in total.